The minimum atomic E-state index is -0.437. The molecule has 0 fully saturated rings. The number of ether oxygens (including phenoxy) is 1. The second-order valence-corrected chi connectivity index (χ2v) is 4.06. The van der Waals surface area contributed by atoms with Gasteiger partial charge in [-0.1, -0.05) is 17.7 Å². The molecule has 0 radical (unpaired) electrons. The second kappa shape index (κ2) is 6.15. The first-order valence-electron chi connectivity index (χ1n) is 5.59. The third-order valence-electron chi connectivity index (χ3n) is 2.50. The lowest BCUT2D eigenvalue weighted by atomic mass is 10.2. The Morgan fingerprint density at radius 2 is 2.05 bits per heavy atom. The first-order valence-corrected chi connectivity index (χ1v) is 5.96. The highest BCUT2D eigenvalue weighted by atomic mass is 35.5. The summed E-state index contributed by atoms with van der Waals surface area (Å²) < 4.78 is 4.70. The van der Waals surface area contributed by atoms with Gasteiger partial charge in [0.1, 0.15) is 16.5 Å². The smallest absolute Gasteiger partial charge is 0.341 e. The number of aromatic nitrogens is 2. The summed E-state index contributed by atoms with van der Waals surface area (Å²) in [5, 5.41) is 3.47. The Morgan fingerprint density at radius 3 is 2.79 bits per heavy atom. The van der Waals surface area contributed by atoms with E-state index in [2.05, 4.69) is 15.3 Å². The van der Waals surface area contributed by atoms with Crippen LogP contribution in [0.2, 0.25) is 5.15 Å². The first-order chi connectivity index (χ1) is 9.22. The van der Waals surface area contributed by atoms with Crippen LogP contribution in [0.5, 0.6) is 0 Å². The molecule has 0 amide bonds. The zero-order chi connectivity index (χ0) is 13.7. The van der Waals surface area contributed by atoms with Crippen molar-refractivity contribution in [1.29, 1.82) is 0 Å². The lowest BCUT2D eigenvalue weighted by Gasteiger charge is -2.09. The van der Waals surface area contributed by atoms with E-state index in [1.54, 1.807) is 30.6 Å². The van der Waals surface area contributed by atoms with Crippen LogP contribution in [0.3, 0.4) is 0 Å². The summed E-state index contributed by atoms with van der Waals surface area (Å²) in [7, 11) is 1.33. The van der Waals surface area contributed by atoms with Crippen molar-refractivity contribution in [3.63, 3.8) is 0 Å². The van der Waals surface area contributed by atoms with E-state index in [-0.39, 0.29) is 0 Å². The van der Waals surface area contributed by atoms with E-state index in [0.717, 1.165) is 5.56 Å². The molecular weight excluding hydrogens is 266 g/mol. The summed E-state index contributed by atoms with van der Waals surface area (Å²) in [6.07, 6.45) is 3.21. The molecule has 1 N–H and O–H groups in total. The Bertz CT molecular complexity index is 590. The summed E-state index contributed by atoms with van der Waals surface area (Å²) >= 11 is 5.96. The molecule has 0 saturated heterocycles. The summed E-state index contributed by atoms with van der Waals surface area (Å²) in [6.45, 7) is 0.424. The fraction of sp³-hybridized carbons (Fsp3) is 0.154. The van der Waals surface area contributed by atoms with Crippen molar-refractivity contribution in [1.82, 2.24) is 9.97 Å². The van der Waals surface area contributed by atoms with Crippen LogP contribution in [-0.4, -0.2) is 23.0 Å². The van der Waals surface area contributed by atoms with E-state index in [0.29, 0.717) is 23.1 Å². The number of halogens is 1. The van der Waals surface area contributed by atoms with Crippen LogP contribution in [0.25, 0.3) is 0 Å². The quantitative estimate of drug-likeness (QED) is 0.687. The molecule has 19 heavy (non-hydrogen) atoms. The van der Waals surface area contributed by atoms with Gasteiger partial charge in [0.2, 0.25) is 0 Å². The van der Waals surface area contributed by atoms with Crippen molar-refractivity contribution in [2.45, 2.75) is 6.54 Å². The zero-order valence-corrected chi connectivity index (χ0v) is 11.0. The third-order valence-corrected chi connectivity index (χ3v) is 2.84. The minimum Gasteiger partial charge on any atom is -0.465 e. The van der Waals surface area contributed by atoms with Gasteiger partial charge in [0, 0.05) is 24.5 Å². The number of hydrogen-bond acceptors (Lipinski definition) is 5. The fourth-order valence-electron chi connectivity index (χ4n) is 1.55. The molecular formula is C13H12ClN3O2. The molecule has 6 heteroatoms. The van der Waals surface area contributed by atoms with Gasteiger partial charge >= 0.3 is 5.97 Å². The van der Waals surface area contributed by atoms with Crippen LogP contribution in [0.4, 0.5) is 5.82 Å². The van der Waals surface area contributed by atoms with Gasteiger partial charge in [-0.3, -0.25) is 0 Å². The summed E-state index contributed by atoms with van der Waals surface area (Å²) in [5.41, 5.74) is 1.20. The maximum atomic E-state index is 11.6. The number of pyridine rings is 2. The van der Waals surface area contributed by atoms with Gasteiger partial charge < -0.3 is 10.1 Å². The number of carbonyl (C=O) groups is 1. The molecule has 2 rings (SSSR count). The lowest BCUT2D eigenvalue weighted by molar-refractivity contribution is 0.0601. The Balaban J connectivity index is 2.16. The molecule has 0 aliphatic carbocycles. The van der Waals surface area contributed by atoms with Crippen LogP contribution in [-0.2, 0) is 11.3 Å². The summed E-state index contributed by atoms with van der Waals surface area (Å²) in [4.78, 5) is 19.7. The molecule has 5 nitrogen and oxygen atoms in total. The third kappa shape index (κ3) is 3.20. The van der Waals surface area contributed by atoms with Crippen LogP contribution >= 0.6 is 11.6 Å². The Morgan fingerprint density at radius 1 is 1.32 bits per heavy atom. The predicted molar refractivity (Wildman–Crippen MR) is 72.2 cm³/mol. The largest absolute Gasteiger partial charge is 0.465 e. The van der Waals surface area contributed by atoms with Crippen molar-refractivity contribution < 1.29 is 9.53 Å². The highest BCUT2D eigenvalue weighted by Crippen LogP contribution is 2.16. The van der Waals surface area contributed by atoms with Gasteiger partial charge in [-0.15, -0.1) is 0 Å². The molecule has 0 saturated carbocycles. The molecule has 0 aromatic carbocycles. The predicted octanol–water partition coefficient (Wildman–Crippen LogP) is 2.53. The number of esters is 1. The monoisotopic (exact) mass is 277 g/mol. The van der Waals surface area contributed by atoms with Crippen LogP contribution in [0.1, 0.15) is 15.9 Å². The number of methoxy groups -OCH3 is 1. The SMILES string of the molecule is COC(=O)c1cccnc1NCc1cccnc1Cl. The van der Waals surface area contributed by atoms with Gasteiger partial charge in [-0.05, 0) is 18.2 Å². The maximum absolute atomic E-state index is 11.6. The standard InChI is InChI=1S/C13H12ClN3O2/c1-19-13(18)10-5-3-7-16-12(10)17-8-9-4-2-6-15-11(9)14/h2-7H,8H2,1H3,(H,16,17). The molecule has 0 unspecified atom stereocenters. The maximum Gasteiger partial charge on any atom is 0.341 e. The number of rotatable bonds is 4. The first kappa shape index (κ1) is 13.3. The second-order valence-electron chi connectivity index (χ2n) is 3.70. The number of nitrogens with one attached hydrogen (secondary N) is 1. The Hall–Kier alpha value is -2.14. The van der Waals surface area contributed by atoms with Crippen LogP contribution < -0.4 is 5.32 Å². The Labute approximate surface area is 115 Å². The highest BCUT2D eigenvalue weighted by Gasteiger charge is 2.12. The molecule has 0 aliphatic rings. The van der Waals surface area contributed by atoms with Gasteiger partial charge in [0.05, 0.1) is 7.11 Å². The van der Waals surface area contributed by atoms with Crippen LogP contribution in [0, 0.1) is 0 Å². The van der Waals surface area contributed by atoms with Crippen molar-refractivity contribution in [3.05, 3.63) is 52.9 Å². The molecule has 2 heterocycles. The summed E-state index contributed by atoms with van der Waals surface area (Å²) in [5.74, 6) is 0.0159. The molecule has 0 bridgehead atoms. The number of hydrogen-bond donors (Lipinski definition) is 1. The molecule has 0 spiro atoms. The molecule has 2 aromatic heterocycles. The fourth-order valence-corrected chi connectivity index (χ4v) is 1.74. The minimum absolute atomic E-state index is 0.380. The topological polar surface area (TPSA) is 64.1 Å². The average molecular weight is 278 g/mol. The van der Waals surface area contributed by atoms with Gasteiger partial charge in [0.25, 0.3) is 0 Å². The van der Waals surface area contributed by atoms with Gasteiger partial charge in [0.15, 0.2) is 0 Å². The van der Waals surface area contributed by atoms with Crippen LogP contribution in [0.15, 0.2) is 36.7 Å². The zero-order valence-electron chi connectivity index (χ0n) is 10.3. The normalized spacial score (nSPS) is 10.0. The molecule has 98 valence electrons. The number of anilines is 1. The molecule has 0 aliphatic heterocycles. The van der Waals surface area contributed by atoms with Crippen molar-refractivity contribution in [2.75, 3.05) is 12.4 Å². The Kier molecular flexibility index (Phi) is 4.30. The van der Waals surface area contributed by atoms with E-state index in [9.17, 15) is 4.79 Å². The van der Waals surface area contributed by atoms with Gasteiger partial charge in [-0.25, -0.2) is 14.8 Å². The molecule has 2 aromatic rings. The summed E-state index contributed by atoms with van der Waals surface area (Å²) in [6, 6.07) is 6.96. The van der Waals surface area contributed by atoms with E-state index in [1.165, 1.54) is 7.11 Å². The van der Waals surface area contributed by atoms with Crippen molar-refractivity contribution in [2.24, 2.45) is 0 Å². The molecule has 0 atom stereocenters. The lowest BCUT2D eigenvalue weighted by Crippen LogP contribution is -2.10. The number of nitrogens with zero attached hydrogens (tertiary/aromatic N) is 2. The van der Waals surface area contributed by atoms with Crippen molar-refractivity contribution in [3.8, 4) is 0 Å². The van der Waals surface area contributed by atoms with E-state index < -0.39 is 5.97 Å². The van der Waals surface area contributed by atoms with Crippen molar-refractivity contribution >= 4 is 23.4 Å². The highest BCUT2D eigenvalue weighted by molar-refractivity contribution is 6.30. The van der Waals surface area contributed by atoms with Gasteiger partial charge in [-0.2, -0.15) is 0 Å². The number of carbonyl (C=O) groups excluding carboxylic acids is 1. The van der Waals surface area contributed by atoms with E-state index in [1.807, 2.05) is 6.07 Å². The average Bonchev–Trinajstić information content (AvgIpc) is 2.46. The van der Waals surface area contributed by atoms with E-state index in [4.69, 9.17) is 16.3 Å². The van der Waals surface area contributed by atoms with E-state index >= 15 is 0 Å².